The number of anilines is 5. The highest BCUT2D eigenvalue weighted by Crippen LogP contribution is 2.41. The minimum Gasteiger partial charge on any atom is -0.345 e. The van der Waals surface area contributed by atoms with Gasteiger partial charge in [0.1, 0.15) is 0 Å². The van der Waals surface area contributed by atoms with Crippen molar-refractivity contribution in [1.29, 1.82) is 0 Å². The van der Waals surface area contributed by atoms with E-state index in [2.05, 4.69) is 150 Å². The quantitative estimate of drug-likeness (QED) is 0.268. The predicted molar refractivity (Wildman–Crippen MR) is 141 cm³/mol. The maximum absolute atomic E-state index is 2.33. The topological polar surface area (TPSA) is 6.48 Å². The summed E-state index contributed by atoms with van der Waals surface area (Å²) in [5.41, 5.74) is 8.12. The van der Waals surface area contributed by atoms with Crippen molar-refractivity contribution in [2.24, 2.45) is 0 Å². The third kappa shape index (κ3) is 4.37. The van der Waals surface area contributed by atoms with Crippen LogP contribution in [0.25, 0.3) is 11.1 Å². The van der Waals surface area contributed by atoms with Gasteiger partial charge in [-0.25, -0.2) is 0 Å². The van der Waals surface area contributed by atoms with Gasteiger partial charge in [-0.15, -0.1) is 0 Å². The van der Waals surface area contributed by atoms with E-state index in [0.717, 1.165) is 22.7 Å². The zero-order chi connectivity index (χ0) is 22.5. The molecule has 0 aliphatic rings. The highest BCUT2D eigenvalue weighted by molar-refractivity contribution is 5.88. The van der Waals surface area contributed by atoms with Crippen LogP contribution in [0.15, 0.2) is 140 Å². The van der Waals surface area contributed by atoms with E-state index in [1.165, 1.54) is 16.8 Å². The lowest BCUT2D eigenvalue weighted by Gasteiger charge is -2.28. The number of hydrogen-bond donors (Lipinski definition) is 0. The molecular formula is C31H26N2. The third-order valence-corrected chi connectivity index (χ3v) is 5.88. The van der Waals surface area contributed by atoms with Crippen molar-refractivity contribution < 1.29 is 0 Å². The molecule has 33 heavy (non-hydrogen) atoms. The van der Waals surface area contributed by atoms with E-state index in [4.69, 9.17) is 0 Å². The minimum absolute atomic E-state index is 1.12. The number of benzene rings is 5. The van der Waals surface area contributed by atoms with Gasteiger partial charge in [0.05, 0.1) is 5.69 Å². The maximum Gasteiger partial charge on any atom is 0.0540 e. The molecule has 0 spiro atoms. The highest BCUT2D eigenvalue weighted by atomic mass is 15.1. The largest absolute Gasteiger partial charge is 0.345 e. The van der Waals surface area contributed by atoms with Gasteiger partial charge in [-0.2, -0.15) is 0 Å². The Morgan fingerprint density at radius 2 is 0.818 bits per heavy atom. The van der Waals surface area contributed by atoms with Gasteiger partial charge in [-0.1, -0.05) is 84.9 Å². The van der Waals surface area contributed by atoms with Crippen molar-refractivity contribution in [2.75, 3.05) is 16.8 Å². The summed E-state index contributed by atoms with van der Waals surface area (Å²) in [5, 5.41) is 0. The van der Waals surface area contributed by atoms with E-state index >= 15 is 0 Å². The molecule has 0 saturated carbocycles. The molecule has 0 aliphatic heterocycles. The van der Waals surface area contributed by atoms with Crippen LogP contribution >= 0.6 is 0 Å². The molecule has 5 aromatic rings. The summed E-state index contributed by atoms with van der Waals surface area (Å²) in [7, 11) is 2.10. The average molecular weight is 427 g/mol. The third-order valence-electron chi connectivity index (χ3n) is 5.88. The average Bonchev–Trinajstić information content (AvgIpc) is 2.91. The standard InChI is InChI=1S/C31H26N2/c1-32(26-15-7-3-8-16-26)27-21-23-29(24-22-27)33(28-17-9-4-10-18-28)31-20-12-11-19-30(31)25-13-5-2-6-14-25/h2-24H,1H3. The maximum atomic E-state index is 2.33. The molecule has 0 saturated heterocycles. The van der Waals surface area contributed by atoms with Crippen molar-refractivity contribution in [3.63, 3.8) is 0 Å². The molecule has 0 aliphatic carbocycles. The molecule has 0 amide bonds. The van der Waals surface area contributed by atoms with Gasteiger partial charge in [0.15, 0.2) is 0 Å². The number of hydrogen-bond acceptors (Lipinski definition) is 2. The summed E-state index contributed by atoms with van der Waals surface area (Å²) in [6.45, 7) is 0. The van der Waals surface area contributed by atoms with Gasteiger partial charge in [0.2, 0.25) is 0 Å². The van der Waals surface area contributed by atoms with Crippen LogP contribution < -0.4 is 9.80 Å². The van der Waals surface area contributed by atoms with Crippen LogP contribution in [0, 0.1) is 0 Å². The predicted octanol–water partition coefficient (Wildman–Crippen LogP) is 8.59. The van der Waals surface area contributed by atoms with Crippen molar-refractivity contribution in [3.8, 4) is 11.1 Å². The molecule has 0 bridgehead atoms. The highest BCUT2D eigenvalue weighted by Gasteiger charge is 2.17. The molecule has 0 heterocycles. The van der Waals surface area contributed by atoms with Crippen molar-refractivity contribution >= 4 is 28.4 Å². The molecule has 2 nitrogen and oxygen atoms in total. The summed E-state index contributed by atoms with van der Waals surface area (Å²) in [5.74, 6) is 0. The summed E-state index contributed by atoms with van der Waals surface area (Å²) >= 11 is 0. The van der Waals surface area contributed by atoms with E-state index in [0.29, 0.717) is 0 Å². The van der Waals surface area contributed by atoms with Crippen LogP contribution in [0.5, 0.6) is 0 Å². The molecule has 0 unspecified atom stereocenters. The first-order valence-electron chi connectivity index (χ1n) is 11.2. The fourth-order valence-corrected chi connectivity index (χ4v) is 4.16. The van der Waals surface area contributed by atoms with Gasteiger partial charge in [-0.05, 0) is 60.2 Å². The van der Waals surface area contributed by atoms with Crippen molar-refractivity contribution in [2.45, 2.75) is 0 Å². The Kier molecular flexibility index (Phi) is 5.90. The molecule has 5 rings (SSSR count). The number of nitrogens with zero attached hydrogens (tertiary/aromatic N) is 2. The fraction of sp³-hybridized carbons (Fsp3) is 0.0323. The van der Waals surface area contributed by atoms with Crippen LogP contribution in [-0.2, 0) is 0 Å². The first kappa shape index (κ1) is 20.6. The fourth-order valence-electron chi connectivity index (χ4n) is 4.16. The Hall–Kier alpha value is -4.30. The van der Waals surface area contributed by atoms with Crippen molar-refractivity contribution in [1.82, 2.24) is 0 Å². The summed E-state index contributed by atoms with van der Waals surface area (Å²) < 4.78 is 0. The molecule has 5 aromatic carbocycles. The van der Waals surface area contributed by atoms with Crippen LogP contribution in [0.1, 0.15) is 0 Å². The Morgan fingerprint density at radius 1 is 0.394 bits per heavy atom. The summed E-state index contributed by atoms with van der Waals surface area (Å²) in [4.78, 5) is 4.53. The first-order valence-corrected chi connectivity index (χ1v) is 11.2. The van der Waals surface area contributed by atoms with E-state index in [-0.39, 0.29) is 0 Å². The molecule has 0 fully saturated rings. The Morgan fingerprint density at radius 3 is 1.45 bits per heavy atom. The second-order valence-electron chi connectivity index (χ2n) is 7.97. The van der Waals surface area contributed by atoms with E-state index < -0.39 is 0 Å². The molecule has 0 aromatic heterocycles. The minimum atomic E-state index is 1.12. The normalized spacial score (nSPS) is 10.6. The molecule has 2 heteroatoms. The van der Waals surface area contributed by atoms with Gasteiger partial charge >= 0.3 is 0 Å². The van der Waals surface area contributed by atoms with Crippen LogP contribution in [0.3, 0.4) is 0 Å². The van der Waals surface area contributed by atoms with Gasteiger partial charge in [0, 0.05) is 35.4 Å². The second-order valence-corrected chi connectivity index (χ2v) is 7.97. The Bertz CT molecular complexity index is 1300. The van der Waals surface area contributed by atoms with Crippen LogP contribution in [0.4, 0.5) is 28.4 Å². The van der Waals surface area contributed by atoms with Gasteiger partial charge < -0.3 is 9.80 Å². The second kappa shape index (κ2) is 9.46. The SMILES string of the molecule is CN(c1ccccc1)c1ccc(N(c2ccccc2)c2ccccc2-c2ccccc2)cc1. The summed E-state index contributed by atoms with van der Waals surface area (Å²) in [6.07, 6.45) is 0. The van der Waals surface area contributed by atoms with E-state index in [9.17, 15) is 0 Å². The van der Waals surface area contributed by atoms with Gasteiger partial charge in [0.25, 0.3) is 0 Å². The molecule has 0 N–H and O–H groups in total. The zero-order valence-electron chi connectivity index (χ0n) is 18.7. The Labute approximate surface area is 196 Å². The van der Waals surface area contributed by atoms with Crippen LogP contribution in [0.2, 0.25) is 0 Å². The zero-order valence-corrected chi connectivity index (χ0v) is 18.7. The number of rotatable bonds is 6. The smallest absolute Gasteiger partial charge is 0.0540 e. The summed E-state index contributed by atoms with van der Waals surface area (Å²) in [6, 6.07) is 48.9. The lowest BCUT2D eigenvalue weighted by atomic mass is 10.0. The Balaban J connectivity index is 1.59. The molecule has 0 atom stereocenters. The lowest BCUT2D eigenvalue weighted by molar-refractivity contribution is 1.20. The van der Waals surface area contributed by atoms with E-state index in [1.807, 2.05) is 6.07 Å². The van der Waals surface area contributed by atoms with Crippen molar-refractivity contribution in [3.05, 3.63) is 140 Å². The number of para-hydroxylation sites is 3. The monoisotopic (exact) mass is 426 g/mol. The lowest BCUT2D eigenvalue weighted by Crippen LogP contribution is -2.12. The van der Waals surface area contributed by atoms with E-state index in [1.54, 1.807) is 0 Å². The van der Waals surface area contributed by atoms with Gasteiger partial charge in [-0.3, -0.25) is 0 Å². The van der Waals surface area contributed by atoms with Crippen LogP contribution in [-0.4, -0.2) is 7.05 Å². The first-order chi connectivity index (χ1) is 16.3. The molecular weight excluding hydrogens is 400 g/mol. The molecule has 0 radical (unpaired) electrons. The molecule has 160 valence electrons.